The zero-order valence-corrected chi connectivity index (χ0v) is 22.7. The van der Waals surface area contributed by atoms with Crippen LogP contribution in [-0.2, 0) is 13.1 Å². The van der Waals surface area contributed by atoms with Gasteiger partial charge in [0, 0.05) is 50.2 Å². The van der Waals surface area contributed by atoms with Gasteiger partial charge in [-0.05, 0) is 45.7 Å². The first-order valence-electron chi connectivity index (χ1n) is 14.2. The van der Waals surface area contributed by atoms with Crippen LogP contribution >= 0.6 is 0 Å². The number of carbonyl (C=O) groups is 1. The molecule has 1 atom stereocenters. The Morgan fingerprint density at radius 3 is 2.54 bits per heavy atom. The van der Waals surface area contributed by atoms with Crippen LogP contribution in [0.2, 0.25) is 0 Å². The van der Waals surface area contributed by atoms with Gasteiger partial charge in [0.25, 0.3) is 5.91 Å². The summed E-state index contributed by atoms with van der Waals surface area (Å²) in [5, 5.41) is 4.68. The van der Waals surface area contributed by atoms with E-state index >= 15 is 0 Å². The molecule has 1 saturated heterocycles. The first kappa shape index (κ1) is 25.3. The molecule has 198 valence electrons. The van der Waals surface area contributed by atoms with Crippen LogP contribution in [0.1, 0.15) is 47.9 Å². The Balaban J connectivity index is 1.18. The molecular weight excluding hydrogens is 480 g/mol. The zero-order chi connectivity index (χ0) is 26.6. The van der Waals surface area contributed by atoms with Crippen molar-refractivity contribution >= 4 is 27.5 Å². The van der Waals surface area contributed by atoms with Crippen molar-refractivity contribution in [2.45, 2.75) is 45.3 Å². The molecule has 0 spiro atoms. The van der Waals surface area contributed by atoms with Crippen LogP contribution in [0, 0.1) is 0 Å². The summed E-state index contributed by atoms with van der Waals surface area (Å²) in [6.07, 6.45) is 7.39. The van der Waals surface area contributed by atoms with E-state index in [1.807, 2.05) is 30.5 Å². The summed E-state index contributed by atoms with van der Waals surface area (Å²) in [5.74, 6) is 1.23. The van der Waals surface area contributed by atoms with Gasteiger partial charge in [-0.1, -0.05) is 92.6 Å². The SMILES string of the molecule is CCCCC1CN(C(=O)c2cccc3ccccc23)CCN1Cc1nccn1Cc1ccc2ccccc2c1. The highest BCUT2D eigenvalue weighted by atomic mass is 16.2. The molecule has 0 bridgehead atoms. The lowest BCUT2D eigenvalue weighted by atomic mass is 10.0. The van der Waals surface area contributed by atoms with E-state index in [0.29, 0.717) is 6.04 Å². The lowest BCUT2D eigenvalue weighted by Crippen LogP contribution is -2.54. The van der Waals surface area contributed by atoms with E-state index in [4.69, 9.17) is 4.98 Å². The molecule has 1 fully saturated rings. The number of nitrogens with zero attached hydrogens (tertiary/aromatic N) is 4. The molecule has 0 N–H and O–H groups in total. The molecule has 0 aliphatic carbocycles. The van der Waals surface area contributed by atoms with Gasteiger partial charge in [-0.2, -0.15) is 0 Å². The average Bonchev–Trinajstić information content (AvgIpc) is 3.42. The molecular formula is C34H36N4O. The maximum Gasteiger partial charge on any atom is 0.254 e. The van der Waals surface area contributed by atoms with Crippen molar-refractivity contribution in [3.8, 4) is 0 Å². The largest absolute Gasteiger partial charge is 0.336 e. The maximum atomic E-state index is 13.7. The van der Waals surface area contributed by atoms with Crippen LogP contribution in [0.5, 0.6) is 0 Å². The van der Waals surface area contributed by atoms with Crippen molar-refractivity contribution in [2.24, 2.45) is 0 Å². The smallest absolute Gasteiger partial charge is 0.254 e. The first-order valence-corrected chi connectivity index (χ1v) is 14.2. The second-order valence-electron chi connectivity index (χ2n) is 10.7. The van der Waals surface area contributed by atoms with E-state index in [-0.39, 0.29) is 5.91 Å². The third-order valence-corrected chi connectivity index (χ3v) is 8.12. The standard InChI is InChI=1S/C34H36N4O/c1-2-3-13-30-24-38(34(39)32-15-8-12-28-10-6-7-14-31(28)32)21-20-36(30)25-33-35-18-19-37(33)23-26-16-17-27-9-4-5-11-29(27)22-26/h4-12,14-19,22,30H,2-3,13,20-21,23-25H2,1H3. The molecule has 1 aromatic heterocycles. The van der Waals surface area contributed by atoms with Crippen LogP contribution in [0.15, 0.2) is 97.3 Å². The summed E-state index contributed by atoms with van der Waals surface area (Å²) in [5.41, 5.74) is 2.09. The van der Waals surface area contributed by atoms with Gasteiger partial charge in [-0.3, -0.25) is 9.69 Å². The molecule has 2 heterocycles. The topological polar surface area (TPSA) is 41.4 Å². The van der Waals surface area contributed by atoms with Gasteiger partial charge in [-0.25, -0.2) is 4.98 Å². The molecule has 5 nitrogen and oxygen atoms in total. The van der Waals surface area contributed by atoms with Crippen molar-refractivity contribution < 1.29 is 4.79 Å². The number of rotatable bonds is 8. The predicted octanol–water partition coefficient (Wildman–Crippen LogP) is 6.75. The number of hydrogen-bond donors (Lipinski definition) is 0. The Kier molecular flexibility index (Phi) is 7.42. The van der Waals surface area contributed by atoms with E-state index in [9.17, 15) is 4.79 Å². The van der Waals surface area contributed by atoms with Crippen molar-refractivity contribution in [3.05, 3.63) is 114 Å². The Labute approximate surface area is 230 Å². The number of carbonyl (C=O) groups excluding carboxylic acids is 1. The Bertz CT molecular complexity index is 1580. The zero-order valence-electron chi connectivity index (χ0n) is 22.7. The second-order valence-corrected chi connectivity index (χ2v) is 10.7. The second kappa shape index (κ2) is 11.4. The molecule has 5 heteroatoms. The Morgan fingerprint density at radius 1 is 0.872 bits per heavy atom. The first-order chi connectivity index (χ1) is 19.2. The van der Waals surface area contributed by atoms with E-state index in [1.165, 1.54) is 16.3 Å². The summed E-state index contributed by atoms with van der Waals surface area (Å²) < 4.78 is 2.27. The fraction of sp³-hybridized carbons (Fsp3) is 0.294. The average molecular weight is 517 g/mol. The van der Waals surface area contributed by atoms with E-state index in [2.05, 4.69) is 88.2 Å². The maximum absolute atomic E-state index is 13.7. The molecule has 1 amide bonds. The van der Waals surface area contributed by atoms with Gasteiger partial charge in [0.15, 0.2) is 0 Å². The van der Waals surface area contributed by atoms with Crippen molar-refractivity contribution in [3.63, 3.8) is 0 Å². The van der Waals surface area contributed by atoms with Gasteiger partial charge in [0.1, 0.15) is 5.82 Å². The quantitative estimate of drug-likeness (QED) is 0.229. The number of benzene rings is 4. The molecule has 0 radical (unpaired) electrons. The van der Waals surface area contributed by atoms with Gasteiger partial charge < -0.3 is 9.47 Å². The van der Waals surface area contributed by atoms with Gasteiger partial charge in [-0.15, -0.1) is 0 Å². The molecule has 1 aliphatic heterocycles. The van der Waals surface area contributed by atoms with E-state index < -0.39 is 0 Å². The normalized spacial score (nSPS) is 16.2. The summed E-state index contributed by atoms with van der Waals surface area (Å²) in [7, 11) is 0. The van der Waals surface area contributed by atoms with Crippen LogP contribution in [0.3, 0.4) is 0 Å². The van der Waals surface area contributed by atoms with Gasteiger partial charge in [0.05, 0.1) is 6.54 Å². The minimum absolute atomic E-state index is 0.144. The Morgan fingerprint density at radius 2 is 1.67 bits per heavy atom. The summed E-state index contributed by atoms with van der Waals surface area (Å²) in [6.45, 7) is 6.18. The van der Waals surface area contributed by atoms with Crippen LogP contribution < -0.4 is 0 Å². The summed E-state index contributed by atoms with van der Waals surface area (Å²) >= 11 is 0. The molecule has 39 heavy (non-hydrogen) atoms. The highest BCUT2D eigenvalue weighted by Gasteiger charge is 2.31. The number of hydrogen-bond acceptors (Lipinski definition) is 3. The van der Waals surface area contributed by atoms with E-state index in [0.717, 1.165) is 74.1 Å². The fourth-order valence-corrected chi connectivity index (χ4v) is 5.93. The van der Waals surface area contributed by atoms with Crippen LogP contribution in [0.25, 0.3) is 21.5 Å². The number of unbranched alkanes of at least 4 members (excludes halogenated alkanes) is 1. The third kappa shape index (κ3) is 5.45. The molecule has 4 aromatic carbocycles. The fourth-order valence-electron chi connectivity index (χ4n) is 5.93. The molecule has 1 aliphatic rings. The minimum atomic E-state index is 0.144. The lowest BCUT2D eigenvalue weighted by Gasteiger charge is -2.41. The van der Waals surface area contributed by atoms with Crippen LogP contribution in [-0.4, -0.2) is 50.9 Å². The van der Waals surface area contributed by atoms with Gasteiger partial charge in [0.2, 0.25) is 0 Å². The predicted molar refractivity (Wildman–Crippen MR) is 159 cm³/mol. The highest BCUT2D eigenvalue weighted by molar-refractivity contribution is 6.07. The third-order valence-electron chi connectivity index (χ3n) is 8.12. The lowest BCUT2D eigenvalue weighted by molar-refractivity contribution is 0.0425. The number of fused-ring (bicyclic) bond motifs is 2. The van der Waals surface area contributed by atoms with Crippen molar-refractivity contribution in [1.29, 1.82) is 0 Å². The highest BCUT2D eigenvalue weighted by Crippen LogP contribution is 2.24. The van der Waals surface area contributed by atoms with Crippen LogP contribution in [0.4, 0.5) is 0 Å². The molecule has 0 saturated carbocycles. The molecule has 6 rings (SSSR count). The molecule has 5 aromatic rings. The van der Waals surface area contributed by atoms with Crippen molar-refractivity contribution in [1.82, 2.24) is 19.4 Å². The minimum Gasteiger partial charge on any atom is -0.336 e. The number of imidazole rings is 1. The van der Waals surface area contributed by atoms with Crippen molar-refractivity contribution in [2.75, 3.05) is 19.6 Å². The number of aromatic nitrogens is 2. The summed E-state index contributed by atoms with van der Waals surface area (Å²) in [6, 6.07) is 29.7. The number of piperazine rings is 1. The van der Waals surface area contributed by atoms with Gasteiger partial charge >= 0.3 is 0 Å². The summed E-state index contributed by atoms with van der Waals surface area (Å²) in [4.78, 5) is 23.1. The van der Waals surface area contributed by atoms with E-state index in [1.54, 1.807) is 0 Å². The molecule has 1 unspecified atom stereocenters. The monoisotopic (exact) mass is 516 g/mol. The Hall–Kier alpha value is -3.96. The number of amides is 1.